The first-order valence-electron chi connectivity index (χ1n) is 7.94. The zero-order valence-corrected chi connectivity index (χ0v) is 14.6. The summed E-state index contributed by atoms with van der Waals surface area (Å²) in [6, 6.07) is 5.67. The molecule has 0 aliphatic carbocycles. The largest absolute Gasteiger partial charge is 0.338 e. The smallest absolute Gasteiger partial charge is 0.253 e. The Balaban J connectivity index is 1.81. The maximum absolute atomic E-state index is 12.8. The summed E-state index contributed by atoms with van der Waals surface area (Å²) in [5.41, 5.74) is 7.41. The molecule has 2 amide bonds. The van der Waals surface area contributed by atoms with Crippen LogP contribution in [0.1, 0.15) is 37.6 Å². The van der Waals surface area contributed by atoms with Crippen molar-refractivity contribution in [2.75, 3.05) is 18.4 Å². The number of carbonyl (C=O) groups excluding carboxylic acids is 2. The van der Waals surface area contributed by atoms with Crippen molar-refractivity contribution in [1.29, 1.82) is 0 Å². The summed E-state index contributed by atoms with van der Waals surface area (Å²) < 4.78 is 0. The van der Waals surface area contributed by atoms with Crippen LogP contribution in [-0.2, 0) is 4.79 Å². The Morgan fingerprint density at radius 1 is 1.43 bits per heavy atom. The van der Waals surface area contributed by atoms with E-state index in [4.69, 9.17) is 5.73 Å². The van der Waals surface area contributed by atoms with Crippen molar-refractivity contribution in [2.45, 2.75) is 43.4 Å². The van der Waals surface area contributed by atoms with Gasteiger partial charge in [0.2, 0.25) is 5.91 Å². The topological polar surface area (TPSA) is 75.4 Å². The molecule has 0 spiro atoms. The van der Waals surface area contributed by atoms with Gasteiger partial charge >= 0.3 is 0 Å². The van der Waals surface area contributed by atoms with Crippen LogP contribution >= 0.6 is 11.8 Å². The second kappa shape index (κ2) is 5.83. The molecule has 1 aromatic rings. The number of nitrogens with one attached hydrogen (secondary N) is 1. The number of hydrogen-bond acceptors (Lipinski definition) is 4. The van der Waals surface area contributed by atoms with Crippen LogP contribution in [0.3, 0.4) is 0 Å². The van der Waals surface area contributed by atoms with Crippen molar-refractivity contribution in [1.82, 2.24) is 4.90 Å². The fourth-order valence-electron chi connectivity index (χ4n) is 3.07. The molecule has 2 unspecified atom stereocenters. The maximum Gasteiger partial charge on any atom is 0.253 e. The first-order valence-corrected chi connectivity index (χ1v) is 8.82. The molecule has 1 fully saturated rings. The SMILES string of the molecule is CC1Sc2ccc(C(=O)N3CCC(N)C(C)(C)C3)cc2NC1=O. The van der Waals surface area contributed by atoms with E-state index in [1.165, 1.54) is 11.8 Å². The molecule has 6 heteroatoms. The van der Waals surface area contributed by atoms with Crippen molar-refractivity contribution < 1.29 is 9.59 Å². The summed E-state index contributed by atoms with van der Waals surface area (Å²) in [6.45, 7) is 7.41. The fourth-order valence-corrected chi connectivity index (χ4v) is 4.00. The summed E-state index contributed by atoms with van der Waals surface area (Å²) in [4.78, 5) is 27.5. The summed E-state index contributed by atoms with van der Waals surface area (Å²) in [5.74, 6) is -0.0113. The minimum atomic E-state index is -0.103. The standard InChI is InChI=1S/C17H23N3O2S/c1-10-15(21)19-12-8-11(4-5-13(12)23-10)16(22)20-7-6-14(18)17(2,3)9-20/h4-5,8,10,14H,6-7,9,18H2,1-3H3,(H,19,21). The van der Waals surface area contributed by atoms with E-state index >= 15 is 0 Å². The lowest BCUT2D eigenvalue weighted by atomic mass is 9.79. The number of carbonyl (C=O) groups is 2. The highest BCUT2D eigenvalue weighted by Crippen LogP contribution is 2.36. The minimum Gasteiger partial charge on any atom is -0.338 e. The Kier molecular flexibility index (Phi) is 4.14. The molecule has 2 heterocycles. The van der Waals surface area contributed by atoms with Gasteiger partial charge in [-0.3, -0.25) is 9.59 Å². The van der Waals surface area contributed by atoms with Gasteiger partial charge in [-0.2, -0.15) is 0 Å². The van der Waals surface area contributed by atoms with Crippen LogP contribution in [0, 0.1) is 5.41 Å². The quantitative estimate of drug-likeness (QED) is 0.827. The van der Waals surface area contributed by atoms with Crippen molar-refractivity contribution >= 4 is 29.3 Å². The van der Waals surface area contributed by atoms with E-state index in [1.807, 2.05) is 24.0 Å². The van der Waals surface area contributed by atoms with E-state index in [0.29, 0.717) is 18.7 Å². The number of anilines is 1. The molecule has 5 nitrogen and oxygen atoms in total. The highest BCUT2D eigenvalue weighted by Gasteiger charge is 2.35. The zero-order chi connectivity index (χ0) is 16.8. The summed E-state index contributed by atoms with van der Waals surface area (Å²) in [6.07, 6.45) is 0.813. The predicted molar refractivity (Wildman–Crippen MR) is 92.7 cm³/mol. The third kappa shape index (κ3) is 3.10. The van der Waals surface area contributed by atoms with Crippen molar-refractivity contribution in [3.8, 4) is 0 Å². The van der Waals surface area contributed by atoms with Crippen LogP contribution in [0.2, 0.25) is 0 Å². The molecule has 3 rings (SSSR count). The normalized spacial score (nSPS) is 26.4. The number of amides is 2. The molecule has 1 saturated heterocycles. The Labute approximate surface area is 141 Å². The monoisotopic (exact) mass is 333 g/mol. The van der Waals surface area contributed by atoms with Crippen LogP contribution in [0.5, 0.6) is 0 Å². The van der Waals surface area contributed by atoms with Crippen molar-refractivity contribution in [3.63, 3.8) is 0 Å². The molecule has 0 radical (unpaired) electrons. The van der Waals surface area contributed by atoms with Crippen LogP contribution in [0.4, 0.5) is 5.69 Å². The number of nitrogens with zero attached hydrogens (tertiary/aromatic N) is 1. The van der Waals surface area contributed by atoms with Gasteiger partial charge in [0.05, 0.1) is 10.9 Å². The molecule has 0 saturated carbocycles. The fraction of sp³-hybridized carbons (Fsp3) is 0.529. The van der Waals surface area contributed by atoms with Gasteiger partial charge in [-0.1, -0.05) is 13.8 Å². The molecule has 0 bridgehead atoms. The van der Waals surface area contributed by atoms with Gasteiger partial charge in [0, 0.05) is 29.6 Å². The Bertz CT molecular complexity index is 659. The Morgan fingerprint density at radius 3 is 2.87 bits per heavy atom. The number of rotatable bonds is 1. The minimum absolute atomic E-state index is 0.00523. The number of likely N-dealkylation sites (tertiary alicyclic amines) is 1. The Hall–Kier alpha value is -1.53. The predicted octanol–water partition coefficient (Wildman–Crippen LogP) is 2.32. The highest BCUT2D eigenvalue weighted by molar-refractivity contribution is 8.00. The van der Waals surface area contributed by atoms with Crippen LogP contribution < -0.4 is 11.1 Å². The molecule has 2 aliphatic heterocycles. The van der Waals surface area contributed by atoms with E-state index in [-0.39, 0.29) is 28.5 Å². The summed E-state index contributed by atoms with van der Waals surface area (Å²) in [5, 5.41) is 2.78. The molecule has 124 valence electrons. The van der Waals surface area contributed by atoms with E-state index < -0.39 is 0 Å². The van der Waals surface area contributed by atoms with Crippen LogP contribution in [0.25, 0.3) is 0 Å². The molecule has 23 heavy (non-hydrogen) atoms. The maximum atomic E-state index is 12.8. The Morgan fingerprint density at radius 2 is 2.17 bits per heavy atom. The molecular formula is C17H23N3O2S. The van der Waals surface area contributed by atoms with Crippen LogP contribution in [0.15, 0.2) is 23.1 Å². The van der Waals surface area contributed by atoms with Gasteiger partial charge in [-0.05, 0) is 37.0 Å². The second-order valence-electron chi connectivity index (χ2n) is 7.07. The molecule has 1 aromatic carbocycles. The number of hydrogen-bond donors (Lipinski definition) is 2. The van der Waals surface area contributed by atoms with Gasteiger partial charge in [0.15, 0.2) is 0 Å². The van der Waals surface area contributed by atoms with Crippen LogP contribution in [-0.4, -0.2) is 41.1 Å². The lowest BCUT2D eigenvalue weighted by Crippen LogP contribution is -2.54. The van der Waals surface area contributed by atoms with Crippen molar-refractivity contribution in [3.05, 3.63) is 23.8 Å². The molecule has 3 N–H and O–H groups in total. The van der Waals surface area contributed by atoms with Crippen molar-refractivity contribution in [2.24, 2.45) is 11.1 Å². The van der Waals surface area contributed by atoms with E-state index in [9.17, 15) is 9.59 Å². The molecule has 0 aromatic heterocycles. The van der Waals surface area contributed by atoms with Gasteiger partial charge in [-0.15, -0.1) is 11.8 Å². The summed E-state index contributed by atoms with van der Waals surface area (Å²) in [7, 11) is 0. The van der Waals surface area contributed by atoms with Gasteiger partial charge in [0.1, 0.15) is 0 Å². The number of benzene rings is 1. The highest BCUT2D eigenvalue weighted by atomic mass is 32.2. The lowest BCUT2D eigenvalue weighted by molar-refractivity contribution is -0.115. The average Bonchev–Trinajstić information content (AvgIpc) is 2.50. The number of piperidine rings is 1. The average molecular weight is 333 g/mol. The molecule has 2 aliphatic rings. The van der Waals surface area contributed by atoms with Gasteiger partial charge < -0.3 is 16.0 Å². The third-order valence-corrected chi connectivity index (χ3v) is 5.93. The number of thioether (sulfide) groups is 1. The first-order chi connectivity index (χ1) is 10.8. The van der Waals surface area contributed by atoms with E-state index in [1.54, 1.807) is 6.07 Å². The molecule has 2 atom stereocenters. The van der Waals surface area contributed by atoms with Gasteiger partial charge in [0.25, 0.3) is 5.91 Å². The van der Waals surface area contributed by atoms with Gasteiger partial charge in [-0.25, -0.2) is 0 Å². The number of fused-ring (bicyclic) bond motifs is 1. The first kappa shape index (κ1) is 16.3. The lowest BCUT2D eigenvalue weighted by Gasteiger charge is -2.42. The zero-order valence-electron chi connectivity index (χ0n) is 13.8. The van der Waals surface area contributed by atoms with E-state index in [0.717, 1.165) is 17.0 Å². The summed E-state index contributed by atoms with van der Waals surface area (Å²) >= 11 is 1.52. The third-order valence-electron chi connectivity index (χ3n) is 4.76. The molecular weight excluding hydrogens is 310 g/mol. The second-order valence-corrected chi connectivity index (χ2v) is 8.45. The number of nitrogens with two attached hydrogens (primary N) is 1. The van der Waals surface area contributed by atoms with E-state index in [2.05, 4.69) is 19.2 Å².